The van der Waals surface area contributed by atoms with Gasteiger partial charge in [0, 0.05) is 13.1 Å². The normalized spacial score (nSPS) is 12.8. The molecule has 2 N–H and O–H groups in total. The van der Waals surface area contributed by atoms with Gasteiger partial charge in [0.05, 0.1) is 11.8 Å². The number of hydrogen-bond donors (Lipinski definition) is 2. The summed E-state index contributed by atoms with van der Waals surface area (Å²) >= 11 is 0. The third kappa shape index (κ3) is 5.45. The van der Waals surface area contributed by atoms with Gasteiger partial charge in [-0.1, -0.05) is 74.5 Å². The summed E-state index contributed by atoms with van der Waals surface area (Å²) in [5.74, 6) is -0.301. The van der Waals surface area contributed by atoms with Crippen LogP contribution in [0.3, 0.4) is 0 Å². The molecular formula is C22H28N2O2. The molecule has 2 aromatic rings. The van der Waals surface area contributed by atoms with E-state index < -0.39 is 0 Å². The Balaban J connectivity index is 1.80. The van der Waals surface area contributed by atoms with Gasteiger partial charge in [-0.15, -0.1) is 0 Å². The molecule has 2 unspecified atom stereocenters. The zero-order valence-electron chi connectivity index (χ0n) is 15.6. The number of rotatable bonds is 9. The fourth-order valence-corrected chi connectivity index (χ4v) is 3.13. The first-order valence-corrected chi connectivity index (χ1v) is 9.32. The maximum Gasteiger partial charge on any atom is 0.227 e. The fourth-order valence-electron chi connectivity index (χ4n) is 3.13. The van der Waals surface area contributed by atoms with Gasteiger partial charge in [0.1, 0.15) is 0 Å². The van der Waals surface area contributed by atoms with Gasteiger partial charge < -0.3 is 10.6 Å². The molecule has 0 saturated carbocycles. The van der Waals surface area contributed by atoms with Gasteiger partial charge in [-0.05, 0) is 24.0 Å². The summed E-state index contributed by atoms with van der Waals surface area (Å²) in [7, 11) is 0. The SMILES string of the molecule is CCC(C(=O)NCCNC(=O)C(CC)c1ccccc1)c1ccccc1. The van der Waals surface area contributed by atoms with Crippen LogP contribution in [0.4, 0.5) is 0 Å². The van der Waals surface area contributed by atoms with Crippen molar-refractivity contribution in [2.45, 2.75) is 38.5 Å². The van der Waals surface area contributed by atoms with Gasteiger partial charge >= 0.3 is 0 Å². The van der Waals surface area contributed by atoms with E-state index in [2.05, 4.69) is 10.6 Å². The predicted octanol–water partition coefficient (Wildman–Crippen LogP) is 3.61. The maximum absolute atomic E-state index is 12.4. The van der Waals surface area contributed by atoms with E-state index in [4.69, 9.17) is 0 Å². The van der Waals surface area contributed by atoms with Crippen LogP contribution in [0.25, 0.3) is 0 Å². The summed E-state index contributed by atoms with van der Waals surface area (Å²) in [6, 6.07) is 19.6. The molecule has 26 heavy (non-hydrogen) atoms. The van der Waals surface area contributed by atoms with Crippen LogP contribution >= 0.6 is 0 Å². The quantitative estimate of drug-likeness (QED) is 0.678. The van der Waals surface area contributed by atoms with Gasteiger partial charge in [-0.2, -0.15) is 0 Å². The minimum Gasteiger partial charge on any atom is -0.354 e. The van der Waals surface area contributed by atoms with Crippen molar-refractivity contribution in [3.63, 3.8) is 0 Å². The van der Waals surface area contributed by atoms with E-state index in [1.807, 2.05) is 74.5 Å². The zero-order chi connectivity index (χ0) is 18.8. The molecule has 0 heterocycles. The van der Waals surface area contributed by atoms with Crippen LogP contribution < -0.4 is 10.6 Å². The molecule has 4 heteroatoms. The molecular weight excluding hydrogens is 324 g/mol. The van der Waals surface area contributed by atoms with Crippen LogP contribution in [-0.4, -0.2) is 24.9 Å². The van der Waals surface area contributed by atoms with Crippen molar-refractivity contribution in [3.8, 4) is 0 Å². The number of nitrogens with one attached hydrogen (secondary N) is 2. The topological polar surface area (TPSA) is 58.2 Å². The number of benzene rings is 2. The zero-order valence-corrected chi connectivity index (χ0v) is 15.6. The van der Waals surface area contributed by atoms with E-state index in [0.29, 0.717) is 13.1 Å². The van der Waals surface area contributed by atoms with Crippen molar-refractivity contribution in [1.29, 1.82) is 0 Å². The summed E-state index contributed by atoms with van der Waals surface area (Å²) < 4.78 is 0. The molecule has 2 aromatic carbocycles. The smallest absolute Gasteiger partial charge is 0.227 e. The number of amides is 2. The Kier molecular flexibility index (Phi) is 7.87. The highest BCUT2D eigenvalue weighted by molar-refractivity contribution is 5.84. The Morgan fingerprint density at radius 2 is 1.04 bits per heavy atom. The second-order valence-corrected chi connectivity index (χ2v) is 6.33. The van der Waals surface area contributed by atoms with Crippen LogP contribution in [0.15, 0.2) is 60.7 Å². The standard InChI is InChI=1S/C22H28N2O2/c1-3-19(17-11-7-5-8-12-17)21(25)23-15-16-24-22(26)20(4-2)18-13-9-6-10-14-18/h5-14,19-20H,3-4,15-16H2,1-2H3,(H,23,25)(H,24,26). The second kappa shape index (κ2) is 10.4. The Morgan fingerprint density at radius 3 is 1.35 bits per heavy atom. The Hall–Kier alpha value is -2.62. The molecule has 0 bridgehead atoms. The lowest BCUT2D eigenvalue weighted by Gasteiger charge is -2.17. The van der Waals surface area contributed by atoms with Gasteiger partial charge in [0.2, 0.25) is 11.8 Å². The lowest BCUT2D eigenvalue weighted by Crippen LogP contribution is -2.38. The van der Waals surface area contributed by atoms with Crippen LogP contribution in [0.2, 0.25) is 0 Å². The summed E-state index contributed by atoms with van der Waals surface area (Å²) in [4.78, 5) is 24.8. The molecule has 0 aliphatic carbocycles. The molecule has 0 fully saturated rings. The first kappa shape index (κ1) is 19.7. The van der Waals surface area contributed by atoms with E-state index in [9.17, 15) is 9.59 Å². The summed E-state index contributed by atoms with van der Waals surface area (Å²) in [5, 5.41) is 5.86. The van der Waals surface area contributed by atoms with Crippen LogP contribution in [-0.2, 0) is 9.59 Å². The van der Waals surface area contributed by atoms with Gasteiger partial charge in [-0.3, -0.25) is 9.59 Å². The largest absolute Gasteiger partial charge is 0.354 e. The van der Waals surface area contributed by atoms with Gasteiger partial charge in [-0.25, -0.2) is 0 Å². The highest BCUT2D eigenvalue weighted by atomic mass is 16.2. The first-order valence-electron chi connectivity index (χ1n) is 9.32. The average Bonchev–Trinajstić information content (AvgIpc) is 2.68. The second-order valence-electron chi connectivity index (χ2n) is 6.33. The lowest BCUT2D eigenvalue weighted by molar-refractivity contribution is -0.124. The van der Waals surface area contributed by atoms with Crippen molar-refractivity contribution in [3.05, 3.63) is 71.8 Å². The first-order chi connectivity index (χ1) is 12.7. The third-order valence-corrected chi connectivity index (χ3v) is 4.58. The van der Waals surface area contributed by atoms with E-state index in [-0.39, 0.29) is 23.7 Å². The monoisotopic (exact) mass is 352 g/mol. The van der Waals surface area contributed by atoms with Crippen LogP contribution in [0.1, 0.15) is 49.7 Å². The lowest BCUT2D eigenvalue weighted by atomic mass is 9.95. The average molecular weight is 352 g/mol. The molecule has 4 nitrogen and oxygen atoms in total. The highest BCUT2D eigenvalue weighted by Gasteiger charge is 2.19. The summed E-state index contributed by atoms with van der Waals surface area (Å²) in [5.41, 5.74) is 2.04. The Labute approximate surface area is 156 Å². The summed E-state index contributed by atoms with van der Waals surface area (Å²) in [6.07, 6.45) is 1.49. The minimum atomic E-state index is -0.153. The maximum atomic E-state index is 12.4. The fraction of sp³-hybridized carbons (Fsp3) is 0.364. The molecule has 0 saturated heterocycles. The molecule has 2 atom stereocenters. The van der Waals surface area contributed by atoms with E-state index >= 15 is 0 Å². The van der Waals surface area contributed by atoms with Crippen molar-refractivity contribution in [2.24, 2.45) is 0 Å². The van der Waals surface area contributed by atoms with Crippen LogP contribution in [0, 0.1) is 0 Å². The summed E-state index contributed by atoms with van der Waals surface area (Å²) in [6.45, 7) is 4.87. The molecule has 0 aliphatic heterocycles. The highest BCUT2D eigenvalue weighted by Crippen LogP contribution is 2.20. The van der Waals surface area contributed by atoms with E-state index in [1.165, 1.54) is 0 Å². The molecule has 0 aromatic heterocycles. The van der Waals surface area contributed by atoms with E-state index in [0.717, 1.165) is 24.0 Å². The van der Waals surface area contributed by atoms with Crippen molar-refractivity contribution in [1.82, 2.24) is 10.6 Å². The van der Waals surface area contributed by atoms with E-state index in [1.54, 1.807) is 0 Å². The van der Waals surface area contributed by atoms with Crippen molar-refractivity contribution >= 4 is 11.8 Å². The Morgan fingerprint density at radius 1 is 0.692 bits per heavy atom. The molecule has 0 aliphatic rings. The Bertz CT molecular complexity index is 624. The number of carbonyl (C=O) groups excluding carboxylic acids is 2. The minimum absolute atomic E-state index is 0.00282. The number of hydrogen-bond acceptors (Lipinski definition) is 2. The molecule has 138 valence electrons. The van der Waals surface area contributed by atoms with Gasteiger partial charge in [0.15, 0.2) is 0 Å². The molecule has 0 radical (unpaired) electrons. The molecule has 2 rings (SSSR count). The number of carbonyl (C=O) groups is 2. The third-order valence-electron chi connectivity index (χ3n) is 4.58. The predicted molar refractivity (Wildman–Crippen MR) is 105 cm³/mol. The van der Waals surface area contributed by atoms with Crippen molar-refractivity contribution < 1.29 is 9.59 Å². The molecule has 2 amide bonds. The van der Waals surface area contributed by atoms with Crippen molar-refractivity contribution in [2.75, 3.05) is 13.1 Å². The van der Waals surface area contributed by atoms with Gasteiger partial charge in [0.25, 0.3) is 0 Å². The van der Waals surface area contributed by atoms with Crippen LogP contribution in [0.5, 0.6) is 0 Å². The molecule has 0 spiro atoms.